The molecule has 1 saturated carbocycles. The minimum atomic E-state index is -0.0350. The summed E-state index contributed by atoms with van der Waals surface area (Å²) in [6, 6.07) is 0. The Kier molecular flexibility index (Phi) is 3.17. The molecule has 2 aliphatic carbocycles. The molecule has 0 saturated heterocycles. The first-order chi connectivity index (χ1) is 10.6. The molecule has 2 heterocycles. The number of hydrogen-bond acceptors (Lipinski definition) is 4. The Morgan fingerprint density at radius 2 is 2.14 bits per heavy atom. The Labute approximate surface area is 131 Å². The smallest absolute Gasteiger partial charge is 0.134 e. The molecule has 116 valence electrons. The van der Waals surface area contributed by atoms with Crippen molar-refractivity contribution in [3.8, 4) is 0 Å². The second kappa shape index (κ2) is 5.07. The predicted molar refractivity (Wildman–Crippen MR) is 86.1 cm³/mol. The van der Waals surface area contributed by atoms with E-state index in [1.54, 1.807) is 0 Å². The molecule has 1 N–H and O–H groups in total. The van der Waals surface area contributed by atoms with E-state index in [0.29, 0.717) is 5.92 Å². The van der Waals surface area contributed by atoms with E-state index in [1.807, 2.05) is 18.7 Å². The van der Waals surface area contributed by atoms with Gasteiger partial charge in [0, 0.05) is 36.1 Å². The number of aromatic nitrogens is 4. The Morgan fingerprint density at radius 3 is 2.86 bits per heavy atom. The fraction of sp³-hybridized carbons (Fsp3) is 0.588. The molecule has 1 fully saturated rings. The summed E-state index contributed by atoms with van der Waals surface area (Å²) in [5, 5.41) is 3.60. The van der Waals surface area contributed by atoms with E-state index in [1.165, 1.54) is 30.5 Å². The van der Waals surface area contributed by atoms with E-state index in [-0.39, 0.29) is 5.54 Å². The van der Waals surface area contributed by atoms with Gasteiger partial charge >= 0.3 is 0 Å². The van der Waals surface area contributed by atoms with Gasteiger partial charge in [-0.15, -0.1) is 0 Å². The van der Waals surface area contributed by atoms with Crippen LogP contribution in [0.5, 0.6) is 0 Å². The van der Waals surface area contributed by atoms with Crippen molar-refractivity contribution in [3.05, 3.63) is 35.8 Å². The van der Waals surface area contributed by atoms with Gasteiger partial charge in [-0.1, -0.05) is 0 Å². The minimum absolute atomic E-state index is 0.0350. The van der Waals surface area contributed by atoms with Gasteiger partial charge < -0.3 is 9.88 Å². The van der Waals surface area contributed by atoms with Crippen LogP contribution < -0.4 is 5.32 Å². The predicted octanol–water partition coefficient (Wildman–Crippen LogP) is 2.89. The molecule has 2 aromatic heterocycles. The summed E-state index contributed by atoms with van der Waals surface area (Å²) in [6.07, 6.45) is 11.6. The SMILES string of the molecule is CC(C)(CNc1nc(C2CC2)nc2c1CCC2)n1ccnc1. The Bertz CT molecular complexity index is 671. The summed E-state index contributed by atoms with van der Waals surface area (Å²) < 4.78 is 2.14. The highest BCUT2D eigenvalue weighted by molar-refractivity contribution is 5.49. The lowest BCUT2D eigenvalue weighted by molar-refractivity contribution is 0.377. The molecule has 2 aliphatic rings. The van der Waals surface area contributed by atoms with Crippen molar-refractivity contribution in [2.45, 2.75) is 57.4 Å². The number of nitrogens with one attached hydrogen (secondary N) is 1. The van der Waals surface area contributed by atoms with Crippen LogP contribution >= 0.6 is 0 Å². The molecule has 2 aromatic rings. The molecule has 0 spiro atoms. The first-order valence-electron chi connectivity index (χ1n) is 8.25. The molecule has 0 radical (unpaired) electrons. The average Bonchev–Trinajstić information content (AvgIpc) is 3.02. The second-order valence-corrected chi connectivity index (χ2v) is 7.12. The Morgan fingerprint density at radius 1 is 1.27 bits per heavy atom. The van der Waals surface area contributed by atoms with Crippen LogP contribution in [0.3, 0.4) is 0 Å². The lowest BCUT2D eigenvalue weighted by Gasteiger charge is -2.27. The van der Waals surface area contributed by atoms with Crippen LogP contribution in [0.2, 0.25) is 0 Å². The number of imidazole rings is 1. The molecule has 22 heavy (non-hydrogen) atoms. The first-order valence-corrected chi connectivity index (χ1v) is 8.25. The molecular formula is C17H23N5. The van der Waals surface area contributed by atoms with Crippen molar-refractivity contribution in [2.75, 3.05) is 11.9 Å². The lowest BCUT2D eigenvalue weighted by Crippen LogP contribution is -2.34. The highest BCUT2D eigenvalue weighted by atomic mass is 15.1. The van der Waals surface area contributed by atoms with Crippen LogP contribution in [-0.4, -0.2) is 26.1 Å². The van der Waals surface area contributed by atoms with Crippen LogP contribution in [0, 0.1) is 0 Å². The summed E-state index contributed by atoms with van der Waals surface area (Å²) in [5.41, 5.74) is 2.58. The summed E-state index contributed by atoms with van der Waals surface area (Å²) in [7, 11) is 0. The number of rotatable bonds is 5. The number of aryl methyl sites for hydroxylation is 1. The zero-order valence-electron chi connectivity index (χ0n) is 13.3. The summed E-state index contributed by atoms with van der Waals surface area (Å²) in [6.45, 7) is 5.26. The van der Waals surface area contributed by atoms with Crippen molar-refractivity contribution in [3.63, 3.8) is 0 Å². The molecular weight excluding hydrogens is 274 g/mol. The van der Waals surface area contributed by atoms with Crippen LogP contribution in [0.15, 0.2) is 18.7 Å². The maximum atomic E-state index is 4.84. The van der Waals surface area contributed by atoms with Crippen molar-refractivity contribution < 1.29 is 0 Å². The van der Waals surface area contributed by atoms with Gasteiger partial charge in [-0.2, -0.15) is 0 Å². The molecule has 5 heteroatoms. The van der Waals surface area contributed by atoms with Crippen LogP contribution in [-0.2, 0) is 18.4 Å². The fourth-order valence-corrected chi connectivity index (χ4v) is 3.13. The van der Waals surface area contributed by atoms with Crippen molar-refractivity contribution >= 4 is 5.82 Å². The van der Waals surface area contributed by atoms with Crippen molar-refractivity contribution in [1.29, 1.82) is 0 Å². The number of anilines is 1. The fourth-order valence-electron chi connectivity index (χ4n) is 3.13. The third-order valence-corrected chi connectivity index (χ3v) is 4.78. The van der Waals surface area contributed by atoms with Gasteiger partial charge in [-0.25, -0.2) is 15.0 Å². The van der Waals surface area contributed by atoms with E-state index in [2.05, 4.69) is 28.7 Å². The number of fused-ring (bicyclic) bond motifs is 1. The molecule has 0 amide bonds. The van der Waals surface area contributed by atoms with Gasteiger partial charge in [0.05, 0.1) is 11.9 Å². The van der Waals surface area contributed by atoms with Crippen LogP contribution in [0.25, 0.3) is 0 Å². The topological polar surface area (TPSA) is 55.6 Å². The standard InChI is InChI=1S/C17H23N5/c1-17(2,22-9-8-18-11-22)10-19-16-13-4-3-5-14(13)20-15(21-16)12-6-7-12/h8-9,11-12H,3-7,10H2,1-2H3,(H,19,20,21). The lowest BCUT2D eigenvalue weighted by atomic mass is 10.1. The highest BCUT2D eigenvalue weighted by Gasteiger charge is 2.30. The van der Waals surface area contributed by atoms with Crippen LogP contribution in [0.1, 0.15) is 56.1 Å². The molecule has 0 atom stereocenters. The quantitative estimate of drug-likeness (QED) is 0.922. The average molecular weight is 297 g/mol. The van der Waals surface area contributed by atoms with Crippen LogP contribution in [0.4, 0.5) is 5.82 Å². The molecule has 0 bridgehead atoms. The maximum absolute atomic E-state index is 4.84. The zero-order chi connectivity index (χ0) is 15.2. The highest BCUT2D eigenvalue weighted by Crippen LogP contribution is 2.40. The summed E-state index contributed by atoms with van der Waals surface area (Å²) >= 11 is 0. The van der Waals surface area contributed by atoms with Gasteiger partial charge in [-0.3, -0.25) is 0 Å². The van der Waals surface area contributed by atoms with Gasteiger partial charge in [0.15, 0.2) is 0 Å². The Balaban J connectivity index is 1.57. The number of hydrogen-bond donors (Lipinski definition) is 1. The monoisotopic (exact) mass is 297 g/mol. The van der Waals surface area contributed by atoms with E-state index >= 15 is 0 Å². The molecule has 4 rings (SSSR count). The normalized spacial score (nSPS) is 17.5. The summed E-state index contributed by atoms with van der Waals surface area (Å²) in [5.74, 6) is 2.73. The minimum Gasteiger partial charge on any atom is -0.367 e. The molecule has 5 nitrogen and oxygen atoms in total. The van der Waals surface area contributed by atoms with Gasteiger partial charge in [0.25, 0.3) is 0 Å². The van der Waals surface area contributed by atoms with Gasteiger partial charge in [0.1, 0.15) is 11.6 Å². The third-order valence-electron chi connectivity index (χ3n) is 4.78. The van der Waals surface area contributed by atoms with Gasteiger partial charge in [0.2, 0.25) is 0 Å². The zero-order valence-corrected chi connectivity index (χ0v) is 13.3. The Hall–Kier alpha value is -1.91. The largest absolute Gasteiger partial charge is 0.367 e. The van der Waals surface area contributed by atoms with E-state index in [4.69, 9.17) is 9.97 Å². The van der Waals surface area contributed by atoms with E-state index in [9.17, 15) is 0 Å². The van der Waals surface area contributed by atoms with E-state index in [0.717, 1.165) is 31.0 Å². The van der Waals surface area contributed by atoms with Crippen molar-refractivity contribution in [2.24, 2.45) is 0 Å². The second-order valence-electron chi connectivity index (χ2n) is 7.12. The number of nitrogens with zero attached hydrogens (tertiary/aromatic N) is 4. The molecule has 0 aliphatic heterocycles. The maximum Gasteiger partial charge on any atom is 0.134 e. The van der Waals surface area contributed by atoms with Crippen molar-refractivity contribution in [1.82, 2.24) is 19.5 Å². The van der Waals surface area contributed by atoms with E-state index < -0.39 is 0 Å². The molecule has 0 unspecified atom stereocenters. The summed E-state index contributed by atoms with van der Waals surface area (Å²) in [4.78, 5) is 13.8. The third kappa shape index (κ3) is 2.49. The molecule has 0 aromatic carbocycles. The first kappa shape index (κ1) is 13.7. The van der Waals surface area contributed by atoms with Gasteiger partial charge in [-0.05, 0) is 46.0 Å².